The maximum absolute atomic E-state index is 12.0. The molecule has 0 fully saturated rings. The number of amides is 1. The molecule has 2 aromatic rings. The highest BCUT2D eigenvalue weighted by Crippen LogP contribution is 2.26. The Balaban J connectivity index is 1.87. The van der Waals surface area contributed by atoms with Crippen LogP contribution >= 0.6 is 39.1 Å². The van der Waals surface area contributed by atoms with Crippen LogP contribution in [0.1, 0.15) is 5.76 Å². The molecule has 21 heavy (non-hydrogen) atoms. The average Bonchev–Trinajstić information content (AvgIpc) is 2.85. The molecule has 0 aliphatic heterocycles. The van der Waals surface area contributed by atoms with Crippen LogP contribution < -0.4 is 4.74 Å². The Bertz CT molecular complexity index is 645. The minimum absolute atomic E-state index is 0.0870. The highest BCUT2D eigenvalue weighted by atomic mass is 79.9. The number of benzene rings is 1. The van der Waals surface area contributed by atoms with Crippen molar-refractivity contribution in [1.29, 1.82) is 0 Å². The average molecular weight is 393 g/mol. The first-order valence-electron chi connectivity index (χ1n) is 6.01. The molecule has 1 aromatic heterocycles. The number of hydrogen-bond donors (Lipinski definition) is 0. The van der Waals surface area contributed by atoms with Gasteiger partial charge in [-0.2, -0.15) is 0 Å². The van der Waals surface area contributed by atoms with Gasteiger partial charge in [0.05, 0.1) is 16.6 Å². The van der Waals surface area contributed by atoms with Crippen LogP contribution in [0, 0.1) is 0 Å². The first kappa shape index (κ1) is 16.2. The highest BCUT2D eigenvalue weighted by molar-refractivity contribution is 9.10. The summed E-state index contributed by atoms with van der Waals surface area (Å²) in [6.07, 6.45) is 0. The second-order valence-electron chi connectivity index (χ2n) is 4.32. The van der Waals surface area contributed by atoms with Crippen molar-refractivity contribution in [2.45, 2.75) is 6.54 Å². The van der Waals surface area contributed by atoms with Crippen molar-refractivity contribution in [3.8, 4) is 5.75 Å². The normalized spacial score (nSPS) is 10.5. The van der Waals surface area contributed by atoms with Crippen LogP contribution in [0.5, 0.6) is 5.75 Å². The number of likely N-dealkylation sites (N-methyl/N-ethyl adjacent to an activating group) is 1. The molecule has 0 radical (unpaired) electrons. The third-order valence-electron chi connectivity index (χ3n) is 2.70. The summed E-state index contributed by atoms with van der Waals surface area (Å²) in [5, 5.41) is 0.825. The van der Waals surface area contributed by atoms with Crippen LogP contribution in [0.2, 0.25) is 10.0 Å². The Morgan fingerprint density at radius 1 is 1.29 bits per heavy atom. The molecule has 0 aliphatic carbocycles. The van der Waals surface area contributed by atoms with Gasteiger partial charge in [-0.3, -0.25) is 4.79 Å². The fourth-order valence-electron chi connectivity index (χ4n) is 1.58. The van der Waals surface area contributed by atoms with Crippen LogP contribution in [0.25, 0.3) is 0 Å². The summed E-state index contributed by atoms with van der Waals surface area (Å²) in [4.78, 5) is 13.5. The molecule has 4 nitrogen and oxygen atoms in total. The van der Waals surface area contributed by atoms with E-state index in [0.717, 1.165) is 0 Å². The topological polar surface area (TPSA) is 42.7 Å². The van der Waals surface area contributed by atoms with Gasteiger partial charge in [-0.25, -0.2) is 0 Å². The van der Waals surface area contributed by atoms with Crippen LogP contribution in [0.4, 0.5) is 0 Å². The van der Waals surface area contributed by atoms with Crippen molar-refractivity contribution in [3.05, 3.63) is 50.8 Å². The standard InChI is InChI=1S/C14H12BrCl2NO3/c1-18(7-10-3-5-13(15)21-10)14(19)8-20-9-2-4-11(16)12(17)6-9/h2-6H,7-8H2,1H3. The molecule has 0 atom stereocenters. The Morgan fingerprint density at radius 2 is 2.05 bits per heavy atom. The molecule has 0 bridgehead atoms. The van der Waals surface area contributed by atoms with E-state index in [-0.39, 0.29) is 12.5 Å². The largest absolute Gasteiger partial charge is 0.484 e. The third kappa shape index (κ3) is 4.66. The van der Waals surface area contributed by atoms with E-state index in [9.17, 15) is 4.79 Å². The lowest BCUT2D eigenvalue weighted by molar-refractivity contribution is -0.132. The van der Waals surface area contributed by atoms with E-state index in [1.807, 2.05) is 0 Å². The fourth-order valence-corrected chi connectivity index (χ4v) is 2.21. The number of carbonyl (C=O) groups excluding carboxylic acids is 1. The number of nitrogens with zero attached hydrogens (tertiary/aromatic N) is 1. The van der Waals surface area contributed by atoms with Crippen LogP contribution in [-0.2, 0) is 11.3 Å². The Kier molecular flexibility index (Phi) is 5.56. The summed E-state index contributed by atoms with van der Waals surface area (Å²) in [6, 6.07) is 8.42. The zero-order valence-electron chi connectivity index (χ0n) is 11.1. The summed E-state index contributed by atoms with van der Waals surface area (Å²) in [5.41, 5.74) is 0. The summed E-state index contributed by atoms with van der Waals surface area (Å²) in [5.74, 6) is 1.01. The molecule has 1 aromatic carbocycles. The molecule has 112 valence electrons. The molecule has 0 saturated heterocycles. The van der Waals surface area contributed by atoms with Gasteiger partial charge in [0.25, 0.3) is 5.91 Å². The van der Waals surface area contributed by atoms with Gasteiger partial charge in [0.2, 0.25) is 0 Å². The predicted octanol–water partition coefficient (Wildman–Crippen LogP) is 4.39. The third-order valence-corrected chi connectivity index (χ3v) is 3.87. The molecule has 1 heterocycles. The lowest BCUT2D eigenvalue weighted by Gasteiger charge is -2.16. The van der Waals surface area contributed by atoms with Gasteiger partial charge in [-0.05, 0) is 40.2 Å². The van der Waals surface area contributed by atoms with Gasteiger partial charge >= 0.3 is 0 Å². The van der Waals surface area contributed by atoms with Gasteiger partial charge in [0.1, 0.15) is 11.5 Å². The van der Waals surface area contributed by atoms with Crippen molar-refractivity contribution in [1.82, 2.24) is 4.90 Å². The minimum Gasteiger partial charge on any atom is -0.484 e. The number of rotatable bonds is 5. The zero-order valence-corrected chi connectivity index (χ0v) is 14.2. The molecular formula is C14H12BrCl2NO3. The number of carbonyl (C=O) groups is 1. The maximum atomic E-state index is 12.0. The maximum Gasteiger partial charge on any atom is 0.260 e. The number of ether oxygens (including phenoxy) is 1. The quantitative estimate of drug-likeness (QED) is 0.757. The van der Waals surface area contributed by atoms with Gasteiger partial charge in [0.15, 0.2) is 11.3 Å². The summed E-state index contributed by atoms with van der Waals surface area (Å²) >= 11 is 14.9. The van der Waals surface area contributed by atoms with Crippen molar-refractivity contribution in [2.24, 2.45) is 0 Å². The summed E-state index contributed by atoms with van der Waals surface area (Å²) in [6.45, 7) is 0.283. The molecular weight excluding hydrogens is 381 g/mol. The molecule has 1 amide bonds. The predicted molar refractivity (Wildman–Crippen MR) is 84.8 cm³/mol. The monoisotopic (exact) mass is 391 g/mol. The van der Waals surface area contributed by atoms with Gasteiger partial charge in [-0.1, -0.05) is 23.2 Å². The number of furan rings is 1. The van der Waals surface area contributed by atoms with Gasteiger partial charge in [0, 0.05) is 13.1 Å². The number of halogens is 3. The SMILES string of the molecule is CN(Cc1ccc(Br)o1)C(=O)COc1ccc(Cl)c(Cl)c1. The van der Waals surface area contributed by atoms with E-state index in [2.05, 4.69) is 15.9 Å². The van der Waals surface area contributed by atoms with Gasteiger partial charge in [-0.15, -0.1) is 0 Å². The van der Waals surface area contributed by atoms with Crippen LogP contribution in [-0.4, -0.2) is 24.5 Å². The van der Waals surface area contributed by atoms with E-state index in [4.69, 9.17) is 32.4 Å². The Labute approximate surface area is 140 Å². The van der Waals surface area contributed by atoms with Crippen molar-refractivity contribution in [3.63, 3.8) is 0 Å². The van der Waals surface area contributed by atoms with E-state index in [1.165, 1.54) is 4.90 Å². The second kappa shape index (κ2) is 7.20. The molecule has 2 rings (SSSR count). The van der Waals surface area contributed by atoms with Crippen LogP contribution in [0.15, 0.2) is 39.4 Å². The van der Waals surface area contributed by atoms with E-state index in [1.54, 1.807) is 37.4 Å². The zero-order chi connectivity index (χ0) is 15.4. The minimum atomic E-state index is -0.173. The molecule has 7 heteroatoms. The first-order valence-corrected chi connectivity index (χ1v) is 7.56. The first-order chi connectivity index (χ1) is 9.95. The Hall–Kier alpha value is -1.17. The summed E-state index contributed by atoms with van der Waals surface area (Å²) < 4.78 is 11.4. The van der Waals surface area contributed by atoms with E-state index in [0.29, 0.717) is 32.8 Å². The van der Waals surface area contributed by atoms with Crippen molar-refractivity contribution < 1.29 is 13.9 Å². The highest BCUT2D eigenvalue weighted by Gasteiger charge is 2.12. The molecule has 0 saturated carbocycles. The summed E-state index contributed by atoms with van der Waals surface area (Å²) in [7, 11) is 1.68. The smallest absolute Gasteiger partial charge is 0.260 e. The number of hydrogen-bond acceptors (Lipinski definition) is 3. The second-order valence-corrected chi connectivity index (χ2v) is 5.92. The van der Waals surface area contributed by atoms with E-state index < -0.39 is 0 Å². The lowest BCUT2D eigenvalue weighted by Crippen LogP contribution is -2.30. The molecule has 0 N–H and O–H groups in total. The van der Waals surface area contributed by atoms with Crippen molar-refractivity contribution in [2.75, 3.05) is 13.7 Å². The Morgan fingerprint density at radius 3 is 2.67 bits per heavy atom. The van der Waals surface area contributed by atoms with Crippen LogP contribution in [0.3, 0.4) is 0 Å². The molecule has 0 spiro atoms. The fraction of sp³-hybridized carbons (Fsp3) is 0.214. The van der Waals surface area contributed by atoms with Crippen molar-refractivity contribution >= 4 is 45.0 Å². The molecule has 0 unspecified atom stereocenters. The lowest BCUT2D eigenvalue weighted by atomic mass is 10.3. The molecule has 0 aliphatic rings. The van der Waals surface area contributed by atoms with E-state index >= 15 is 0 Å². The van der Waals surface area contributed by atoms with Gasteiger partial charge < -0.3 is 14.1 Å².